The van der Waals surface area contributed by atoms with Gasteiger partial charge in [-0.15, -0.1) is 0 Å². The number of nitrogens with zero attached hydrogens (tertiary/aromatic N) is 4. The Morgan fingerprint density at radius 1 is 1.29 bits per heavy atom. The van der Waals surface area contributed by atoms with E-state index in [0.29, 0.717) is 11.5 Å². The molecule has 3 aromatic rings. The number of anilines is 1. The van der Waals surface area contributed by atoms with Crippen molar-refractivity contribution >= 4 is 11.2 Å². The van der Waals surface area contributed by atoms with E-state index in [1.165, 1.54) is 12.3 Å². The average Bonchev–Trinajstić information content (AvgIpc) is 2.71. The molecule has 0 saturated heterocycles. The Kier molecular flexibility index (Phi) is 1.94. The van der Waals surface area contributed by atoms with Crippen LogP contribution in [0.25, 0.3) is 16.9 Å². The van der Waals surface area contributed by atoms with Crippen LogP contribution in [0.15, 0.2) is 36.8 Å². The Bertz CT molecular complexity index is 691. The zero-order valence-electron chi connectivity index (χ0n) is 8.78. The van der Waals surface area contributed by atoms with Crippen molar-refractivity contribution in [3.63, 3.8) is 0 Å². The molecule has 0 aromatic carbocycles. The molecule has 0 aliphatic heterocycles. The Hall–Kier alpha value is -2.63. The highest BCUT2D eigenvalue weighted by Crippen LogP contribution is 2.23. The van der Waals surface area contributed by atoms with E-state index in [9.17, 15) is 5.11 Å². The number of rotatable bonds is 1. The summed E-state index contributed by atoms with van der Waals surface area (Å²) in [5.74, 6) is 0.351. The van der Waals surface area contributed by atoms with Gasteiger partial charge >= 0.3 is 0 Å². The molecule has 0 amide bonds. The largest absolute Gasteiger partial charge is 0.493 e. The van der Waals surface area contributed by atoms with Gasteiger partial charge in [-0.2, -0.15) is 10.1 Å². The van der Waals surface area contributed by atoms with Gasteiger partial charge in [0.05, 0.1) is 17.3 Å². The minimum Gasteiger partial charge on any atom is -0.493 e. The molecular formula is C11H9N5O. The molecule has 0 aliphatic rings. The summed E-state index contributed by atoms with van der Waals surface area (Å²) >= 11 is 0. The normalized spacial score (nSPS) is 10.8. The van der Waals surface area contributed by atoms with Gasteiger partial charge in [-0.05, 0) is 12.1 Å². The number of pyridine rings is 1. The minimum absolute atomic E-state index is 0.0711. The summed E-state index contributed by atoms with van der Waals surface area (Å²) in [5, 5.41) is 13.5. The van der Waals surface area contributed by atoms with Crippen LogP contribution in [0.2, 0.25) is 0 Å². The first-order valence-corrected chi connectivity index (χ1v) is 4.99. The summed E-state index contributed by atoms with van der Waals surface area (Å²) in [4.78, 5) is 8.04. The third-order valence-electron chi connectivity index (χ3n) is 2.43. The molecule has 0 fully saturated rings. The number of hydrogen-bond donors (Lipinski definition) is 2. The zero-order chi connectivity index (χ0) is 11.8. The lowest BCUT2D eigenvalue weighted by molar-refractivity contribution is 0.453. The van der Waals surface area contributed by atoms with Crippen LogP contribution in [0, 0.1) is 0 Å². The van der Waals surface area contributed by atoms with E-state index in [-0.39, 0.29) is 5.88 Å². The average molecular weight is 227 g/mol. The predicted octanol–water partition coefficient (Wildman–Crippen LogP) is 1.08. The molecule has 3 aromatic heterocycles. The van der Waals surface area contributed by atoms with Gasteiger partial charge in [0, 0.05) is 24.1 Å². The molecule has 17 heavy (non-hydrogen) atoms. The molecule has 3 heterocycles. The molecule has 3 rings (SSSR count). The molecule has 0 saturated carbocycles. The molecule has 6 heteroatoms. The smallest absolute Gasteiger partial charge is 0.214 e. The summed E-state index contributed by atoms with van der Waals surface area (Å²) in [6.07, 6.45) is 4.90. The number of hydrogen-bond acceptors (Lipinski definition) is 5. The van der Waals surface area contributed by atoms with Crippen LogP contribution >= 0.6 is 0 Å². The number of aromatic nitrogens is 4. The third kappa shape index (κ3) is 1.55. The van der Waals surface area contributed by atoms with Crippen LogP contribution in [-0.4, -0.2) is 24.7 Å². The van der Waals surface area contributed by atoms with Crippen molar-refractivity contribution < 1.29 is 5.11 Å². The van der Waals surface area contributed by atoms with Gasteiger partial charge < -0.3 is 10.8 Å². The number of nitrogen functional groups attached to an aromatic ring is 1. The summed E-state index contributed by atoms with van der Waals surface area (Å²) in [7, 11) is 0. The van der Waals surface area contributed by atoms with Crippen molar-refractivity contribution in [2.75, 3.05) is 5.73 Å². The van der Waals surface area contributed by atoms with E-state index in [1.807, 2.05) is 0 Å². The topological polar surface area (TPSA) is 89.3 Å². The molecular weight excluding hydrogens is 218 g/mol. The van der Waals surface area contributed by atoms with Gasteiger partial charge in [0.1, 0.15) is 0 Å². The lowest BCUT2D eigenvalue weighted by atomic mass is 10.2. The summed E-state index contributed by atoms with van der Waals surface area (Å²) in [6.45, 7) is 0. The second-order valence-electron chi connectivity index (χ2n) is 3.59. The molecule has 0 spiro atoms. The lowest BCUT2D eigenvalue weighted by Crippen LogP contribution is -1.91. The second-order valence-corrected chi connectivity index (χ2v) is 3.59. The highest BCUT2D eigenvalue weighted by atomic mass is 16.3. The molecule has 0 aliphatic carbocycles. The van der Waals surface area contributed by atoms with Gasteiger partial charge in [-0.3, -0.25) is 0 Å². The van der Waals surface area contributed by atoms with Gasteiger partial charge in [-0.1, -0.05) is 0 Å². The summed E-state index contributed by atoms with van der Waals surface area (Å²) < 4.78 is 1.68. The highest BCUT2D eigenvalue weighted by Gasteiger charge is 2.09. The fourth-order valence-electron chi connectivity index (χ4n) is 1.65. The van der Waals surface area contributed by atoms with Crippen LogP contribution < -0.4 is 5.73 Å². The maximum absolute atomic E-state index is 9.34. The van der Waals surface area contributed by atoms with Crippen molar-refractivity contribution in [2.24, 2.45) is 0 Å². The number of fused-ring (bicyclic) bond motifs is 1. The van der Waals surface area contributed by atoms with Crippen molar-refractivity contribution in [2.45, 2.75) is 0 Å². The fourth-order valence-corrected chi connectivity index (χ4v) is 1.65. The van der Waals surface area contributed by atoms with E-state index < -0.39 is 0 Å². The van der Waals surface area contributed by atoms with Gasteiger partial charge in [0.15, 0.2) is 5.82 Å². The quantitative estimate of drug-likeness (QED) is 0.649. The first-order chi connectivity index (χ1) is 8.24. The van der Waals surface area contributed by atoms with E-state index in [0.717, 1.165) is 11.1 Å². The Morgan fingerprint density at radius 3 is 3.00 bits per heavy atom. The minimum atomic E-state index is -0.0711. The summed E-state index contributed by atoms with van der Waals surface area (Å²) in [5.41, 5.74) is 7.90. The maximum atomic E-state index is 9.34. The molecule has 6 nitrogen and oxygen atoms in total. The van der Waals surface area contributed by atoms with E-state index >= 15 is 0 Å². The lowest BCUT2D eigenvalue weighted by Gasteiger charge is -1.99. The number of nitrogens with two attached hydrogens (primary N) is 1. The number of aromatic hydroxyl groups is 1. The Labute approximate surface area is 96.4 Å². The predicted molar refractivity (Wildman–Crippen MR) is 62.3 cm³/mol. The van der Waals surface area contributed by atoms with Crippen molar-refractivity contribution in [1.29, 1.82) is 0 Å². The molecule has 3 N–H and O–H groups in total. The van der Waals surface area contributed by atoms with Crippen LogP contribution in [0.1, 0.15) is 0 Å². The van der Waals surface area contributed by atoms with Crippen molar-refractivity contribution in [1.82, 2.24) is 19.6 Å². The second kappa shape index (κ2) is 3.44. The van der Waals surface area contributed by atoms with Crippen LogP contribution in [0.5, 0.6) is 5.88 Å². The highest BCUT2D eigenvalue weighted by molar-refractivity contribution is 5.77. The van der Waals surface area contributed by atoms with E-state index in [4.69, 9.17) is 5.73 Å². The first-order valence-electron chi connectivity index (χ1n) is 4.99. The Morgan fingerprint density at radius 2 is 2.18 bits per heavy atom. The van der Waals surface area contributed by atoms with Crippen molar-refractivity contribution in [3.05, 3.63) is 36.8 Å². The maximum Gasteiger partial charge on any atom is 0.214 e. The molecule has 0 bridgehead atoms. The van der Waals surface area contributed by atoms with Gasteiger partial charge in [-0.25, -0.2) is 9.50 Å². The first kappa shape index (κ1) is 9.59. The molecule has 84 valence electrons. The molecule has 0 radical (unpaired) electrons. The monoisotopic (exact) mass is 227 g/mol. The fraction of sp³-hybridized carbons (Fsp3) is 0. The molecule has 0 atom stereocenters. The van der Waals surface area contributed by atoms with Crippen LogP contribution in [0.3, 0.4) is 0 Å². The zero-order valence-corrected chi connectivity index (χ0v) is 8.78. The molecule has 0 unspecified atom stereocenters. The van der Waals surface area contributed by atoms with E-state index in [1.54, 1.807) is 29.0 Å². The SMILES string of the molecule is Nc1ccn2ncc(-c3nccc(O)n3)c2c1. The van der Waals surface area contributed by atoms with Gasteiger partial charge in [0.2, 0.25) is 5.88 Å². The Balaban J connectivity index is 2.27. The van der Waals surface area contributed by atoms with Crippen LogP contribution in [-0.2, 0) is 0 Å². The van der Waals surface area contributed by atoms with Crippen molar-refractivity contribution in [3.8, 4) is 17.3 Å². The third-order valence-corrected chi connectivity index (χ3v) is 2.43. The standard InChI is InChI=1S/C11H9N5O/c12-7-2-4-16-9(5-7)8(6-14-16)11-13-3-1-10(17)15-11/h1-6H,12H2,(H,13,15,17). The van der Waals surface area contributed by atoms with E-state index in [2.05, 4.69) is 15.1 Å². The van der Waals surface area contributed by atoms with Crippen LogP contribution in [0.4, 0.5) is 5.69 Å². The summed E-state index contributed by atoms with van der Waals surface area (Å²) in [6, 6.07) is 4.96. The van der Waals surface area contributed by atoms with Gasteiger partial charge in [0.25, 0.3) is 0 Å².